The largest absolute Gasteiger partial charge is 0.464 e. The van der Waals surface area contributed by atoms with Gasteiger partial charge in [-0.05, 0) is 36.7 Å². The second kappa shape index (κ2) is 5.46. The van der Waals surface area contributed by atoms with Crippen LogP contribution in [0.5, 0.6) is 6.01 Å². The molecule has 0 amide bonds. The van der Waals surface area contributed by atoms with Gasteiger partial charge in [0, 0.05) is 5.56 Å². The van der Waals surface area contributed by atoms with Crippen LogP contribution in [0.2, 0.25) is 10.3 Å². The summed E-state index contributed by atoms with van der Waals surface area (Å²) < 4.78 is 18.3. The molecule has 7 heteroatoms. The standard InChI is InChI=1S/C11H8Cl2FN3O/c1-2-18-11-16-9(15-10(13)17-11)7-5-6(14)3-4-8(7)12/h3-5H,2H2,1H3. The lowest BCUT2D eigenvalue weighted by Crippen LogP contribution is -2.01. The van der Waals surface area contributed by atoms with E-state index < -0.39 is 5.82 Å². The molecule has 0 fully saturated rings. The van der Waals surface area contributed by atoms with Crippen molar-refractivity contribution in [1.82, 2.24) is 15.0 Å². The molecule has 0 aliphatic rings. The maximum atomic E-state index is 13.2. The van der Waals surface area contributed by atoms with Crippen molar-refractivity contribution >= 4 is 23.2 Å². The van der Waals surface area contributed by atoms with Crippen molar-refractivity contribution in [3.8, 4) is 17.4 Å². The first kappa shape index (κ1) is 13.0. The maximum absolute atomic E-state index is 13.2. The second-order valence-electron chi connectivity index (χ2n) is 3.27. The number of nitrogens with zero attached hydrogens (tertiary/aromatic N) is 3. The normalized spacial score (nSPS) is 10.4. The zero-order valence-corrected chi connectivity index (χ0v) is 10.8. The predicted octanol–water partition coefficient (Wildman–Crippen LogP) is 3.38. The molecule has 18 heavy (non-hydrogen) atoms. The van der Waals surface area contributed by atoms with Crippen LogP contribution in [-0.2, 0) is 0 Å². The maximum Gasteiger partial charge on any atom is 0.321 e. The van der Waals surface area contributed by atoms with E-state index in [9.17, 15) is 4.39 Å². The topological polar surface area (TPSA) is 47.9 Å². The van der Waals surface area contributed by atoms with Crippen LogP contribution in [0.4, 0.5) is 4.39 Å². The van der Waals surface area contributed by atoms with Gasteiger partial charge in [0.25, 0.3) is 0 Å². The summed E-state index contributed by atoms with van der Waals surface area (Å²) in [4.78, 5) is 11.7. The molecule has 2 aromatic rings. The van der Waals surface area contributed by atoms with Gasteiger partial charge >= 0.3 is 6.01 Å². The van der Waals surface area contributed by atoms with Crippen LogP contribution >= 0.6 is 23.2 Å². The fraction of sp³-hybridized carbons (Fsp3) is 0.182. The lowest BCUT2D eigenvalue weighted by Gasteiger charge is -2.06. The third-order valence-electron chi connectivity index (χ3n) is 2.03. The highest BCUT2D eigenvalue weighted by atomic mass is 35.5. The molecule has 0 N–H and O–H groups in total. The highest BCUT2D eigenvalue weighted by molar-refractivity contribution is 6.33. The highest BCUT2D eigenvalue weighted by Crippen LogP contribution is 2.27. The second-order valence-corrected chi connectivity index (χ2v) is 4.01. The third kappa shape index (κ3) is 2.86. The molecule has 0 bridgehead atoms. The van der Waals surface area contributed by atoms with Gasteiger partial charge in [0.05, 0.1) is 11.6 Å². The van der Waals surface area contributed by atoms with Crippen LogP contribution in [0.1, 0.15) is 6.92 Å². The SMILES string of the molecule is CCOc1nc(Cl)nc(-c2cc(F)ccc2Cl)n1. The van der Waals surface area contributed by atoms with Gasteiger partial charge in [-0.2, -0.15) is 15.0 Å². The Morgan fingerprint density at radius 1 is 1.22 bits per heavy atom. The average molecular weight is 288 g/mol. The molecular formula is C11H8Cl2FN3O. The minimum Gasteiger partial charge on any atom is -0.464 e. The van der Waals surface area contributed by atoms with Crippen LogP contribution in [-0.4, -0.2) is 21.6 Å². The van der Waals surface area contributed by atoms with E-state index in [2.05, 4.69) is 15.0 Å². The molecular weight excluding hydrogens is 280 g/mol. The van der Waals surface area contributed by atoms with E-state index in [4.69, 9.17) is 27.9 Å². The zero-order chi connectivity index (χ0) is 13.1. The van der Waals surface area contributed by atoms with Gasteiger partial charge in [-0.15, -0.1) is 0 Å². The summed E-state index contributed by atoms with van der Waals surface area (Å²) in [7, 11) is 0. The number of hydrogen-bond acceptors (Lipinski definition) is 4. The van der Waals surface area contributed by atoms with E-state index >= 15 is 0 Å². The van der Waals surface area contributed by atoms with E-state index in [1.54, 1.807) is 6.92 Å². The van der Waals surface area contributed by atoms with Gasteiger partial charge in [0.1, 0.15) is 5.82 Å². The lowest BCUT2D eigenvalue weighted by molar-refractivity contribution is 0.312. The molecule has 0 saturated carbocycles. The molecule has 0 saturated heterocycles. The van der Waals surface area contributed by atoms with Gasteiger partial charge in [-0.3, -0.25) is 0 Å². The molecule has 94 valence electrons. The number of benzene rings is 1. The predicted molar refractivity (Wildman–Crippen MR) is 66.4 cm³/mol. The molecule has 0 spiro atoms. The first-order valence-corrected chi connectivity index (χ1v) is 5.85. The summed E-state index contributed by atoms with van der Waals surface area (Å²) >= 11 is 11.7. The van der Waals surface area contributed by atoms with Crippen LogP contribution < -0.4 is 4.74 Å². The van der Waals surface area contributed by atoms with Crippen LogP contribution in [0, 0.1) is 5.82 Å². The van der Waals surface area contributed by atoms with Crippen molar-refractivity contribution in [2.24, 2.45) is 0 Å². The molecule has 2 rings (SSSR count). The number of halogens is 3. The highest BCUT2D eigenvalue weighted by Gasteiger charge is 2.12. The van der Waals surface area contributed by atoms with E-state index in [1.807, 2.05) is 0 Å². The Balaban J connectivity index is 2.52. The smallest absolute Gasteiger partial charge is 0.321 e. The fourth-order valence-electron chi connectivity index (χ4n) is 1.31. The minimum absolute atomic E-state index is 0.0382. The van der Waals surface area contributed by atoms with Gasteiger partial charge < -0.3 is 4.74 Å². The first-order chi connectivity index (χ1) is 8.60. The summed E-state index contributed by atoms with van der Waals surface area (Å²) in [6.45, 7) is 2.17. The molecule has 1 heterocycles. The van der Waals surface area contributed by atoms with Crippen molar-refractivity contribution in [3.05, 3.63) is 34.3 Å². The van der Waals surface area contributed by atoms with Gasteiger partial charge in [-0.1, -0.05) is 11.6 Å². The first-order valence-electron chi connectivity index (χ1n) is 5.10. The van der Waals surface area contributed by atoms with E-state index in [1.165, 1.54) is 18.2 Å². The Bertz CT molecular complexity index is 580. The Morgan fingerprint density at radius 3 is 2.72 bits per heavy atom. The Morgan fingerprint density at radius 2 is 2.00 bits per heavy atom. The van der Waals surface area contributed by atoms with E-state index in [0.29, 0.717) is 17.2 Å². The average Bonchev–Trinajstić information content (AvgIpc) is 2.32. The molecule has 1 aromatic heterocycles. The van der Waals surface area contributed by atoms with Crippen molar-refractivity contribution in [2.45, 2.75) is 6.92 Å². The minimum atomic E-state index is -0.441. The fourth-order valence-corrected chi connectivity index (χ4v) is 1.67. The lowest BCUT2D eigenvalue weighted by atomic mass is 10.2. The number of rotatable bonds is 3. The number of aromatic nitrogens is 3. The Labute approximate surface area is 113 Å². The van der Waals surface area contributed by atoms with Crippen LogP contribution in [0.15, 0.2) is 18.2 Å². The molecule has 0 radical (unpaired) electrons. The summed E-state index contributed by atoms with van der Waals surface area (Å²) in [5.74, 6) is -0.271. The van der Waals surface area contributed by atoms with Gasteiger partial charge in [-0.25, -0.2) is 4.39 Å². The quantitative estimate of drug-likeness (QED) is 0.868. The van der Waals surface area contributed by atoms with E-state index in [-0.39, 0.29) is 17.1 Å². The van der Waals surface area contributed by atoms with E-state index in [0.717, 1.165) is 0 Å². The molecule has 0 atom stereocenters. The molecule has 0 aliphatic carbocycles. The van der Waals surface area contributed by atoms with Gasteiger partial charge in [0.15, 0.2) is 5.82 Å². The summed E-state index contributed by atoms with van der Waals surface area (Å²) in [6, 6.07) is 3.97. The number of ether oxygens (including phenoxy) is 1. The summed E-state index contributed by atoms with van der Waals surface area (Å²) in [6.07, 6.45) is 0. The third-order valence-corrected chi connectivity index (χ3v) is 2.53. The van der Waals surface area contributed by atoms with Crippen molar-refractivity contribution in [2.75, 3.05) is 6.61 Å². The van der Waals surface area contributed by atoms with Crippen LogP contribution in [0.25, 0.3) is 11.4 Å². The Hall–Kier alpha value is -1.46. The summed E-state index contributed by atoms with van der Waals surface area (Å²) in [5, 5.41) is 0.282. The van der Waals surface area contributed by atoms with Crippen molar-refractivity contribution in [1.29, 1.82) is 0 Å². The molecule has 1 aromatic carbocycles. The summed E-state index contributed by atoms with van der Waals surface area (Å²) in [5.41, 5.74) is 0.335. The zero-order valence-electron chi connectivity index (χ0n) is 9.32. The van der Waals surface area contributed by atoms with Gasteiger partial charge in [0.2, 0.25) is 5.28 Å². The van der Waals surface area contributed by atoms with Crippen molar-refractivity contribution in [3.63, 3.8) is 0 Å². The number of hydrogen-bond donors (Lipinski definition) is 0. The molecule has 0 unspecified atom stereocenters. The van der Waals surface area contributed by atoms with Crippen molar-refractivity contribution < 1.29 is 9.13 Å². The monoisotopic (exact) mass is 287 g/mol. The Kier molecular flexibility index (Phi) is 3.93. The molecule has 4 nitrogen and oxygen atoms in total. The van der Waals surface area contributed by atoms with Crippen LogP contribution in [0.3, 0.4) is 0 Å². The molecule has 0 aliphatic heterocycles.